The van der Waals surface area contributed by atoms with E-state index < -0.39 is 17.9 Å². The molecule has 21 heavy (non-hydrogen) atoms. The predicted octanol–water partition coefficient (Wildman–Crippen LogP) is 3.25. The number of hydrogen-bond donors (Lipinski definition) is 1. The zero-order valence-electron chi connectivity index (χ0n) is 11.4. The van der Waals surface area contributed by atoms with Crippen LogP contribution in [0.4, 0.5) is 8.78 Å². The molecule has 2 aromatic rings. The number of aromatic nitrogens is 2. The third kappa shape index (κ3) is 1.91. The highest BCUT2D eigenvalue weighted by Crippen LogP contribution is 2.49. The van der Waals surface area contributed by atoms with Crippen LogP contribution in [0.3, 0.4) is 0 Å². The number of aliphatic hydroxyl groups is 1. The number of fused-ring (bicyclic) bond motifs is 3. The molecule has 0 spiro atoms. The molecule has 0 amide bonds. The van der Waals surface area contributed by atoms with Gasteiger partial charge in [0.2, 0.25) is 5.92 Å². The molecule has 1 aliphatic heterocycles. The highest BCUT2D eigenvalue weighted by atomic mass is 19.3. The van der Waals surface area contributed by atoms with Gasteiger partial charge >= 0.3 is 0 Å². The maximum Gasteiger partial charge on any atom is 0.248 e. The standard InChI is InChI=1S/C16H16F2N2O/c17-16(18)6-5-14(21)12(7-16)15-11-4-2-1-3-10(11)13-8-19-9-20(13)15/h1-4,8-9,12,14-15,21H,5-7H2/t12-,14-,15-/m0/s1. The monoisotopic (exact) mass is 290 g/mol. The molecule has 0 bridgehead atoms. The lowest BCUT2D eigenvalue weighted by Gasteiger charge is -2.37. The average molecular weight is 290 g/mol. The summed E-state index contributed by atoms with van der Waals surface area (Å²) >= 11 is 0. The molecule has 3 atom stereocenters. The average Bonchev–Trinajstić information content (AvgIpc) is 3.02. The number of benzene rings is 1. The number of alkyl halides is 2. The molecule has 1 N–H and O–H groups in total. The Morgan fingerprint density at radius 3 is 2.95 bits per heavy atom. The minimum Gasteiger partial charge on any atom is -0.393 e. The minimum absolute atomic E-state index is 0.153. The van der Waals surface area contributed by atoms with Gasteiger partial charge < -0.3 is 9.67 Å². The molecule has 2 heterocycles. The summed E-state index contributed by atoms with van der Waals surface area (Å²) in [5.41, 5.74) is 2.98. The van der Waals surface area contributed by atoms with Crippen molar-refractivity contribution in [2.45, 2.75) is 37.3 Å². The second-order valence-electron chi connectivity index (χ2n) is 6.05. The van der Waals surface area contributed by atoms with Crippen molar-refractivity contribution in [2.24, 2.45) is 5.92 Å². The summed E-state index contributed by atoms with van der Waals surface area (Å²) in [5.74, 6) is -3.17. The third-order valence-electron chi connectivity index (χ3n) is 4.76. The topological polar surface area (TPSA) is 38.1 Å². The summed E-state index contributed by atoms with van der Waals surface area (Å²) in [6, 6.07) is 7.55. The number of halogens is 2. The smallest absolute Gasteiger partial charge is 0.248 e. The van der Waals surface area contributed by atoms with E-state index >= 15 is 0 Å². The Morgan fingerprint density at radius 1 is 1.29 bits per heavy atom. The van der Waals surface area contributed by atoms with Gasteiger partial charge in [-0.1, -0.05) is 24.3 Å². The Bertz CT molecular complexity index is 682. The Balaban J connectivity index is 1.82. The quantitative estimate of drug-likeness (QED) is 0.875. The lowest BCUT2D eigenvalue weighted by atomic mass is 9.77. The van der Waals surface area contributed by atoms with Crippen molar-refractivity contribution >= 4 is 0 Å². The fourth-order valence-corrected chi connectivity index (χ4v) is 3.79. The van der Waals surface area contributed by atoms with Gasteiger partial charge in [0.05, 0.1) is 30.4 Å². The zero-order chi connectivity index (χ0) is 14.6. The molecular weight excluding hydrogens is 274 g/mol. The Hall–Kier alpha value is -1.75. The summed E-state index contributed by atoms with van der Waals surface area (Å²) < 4.78 is 29.6. The van der Waals surface area contributed by atoms with Gasteiger partial charge in [0.25, 0.3) is 0 Å². The molecule has 1 saturated carbocycles. The molecule has 0 unspecified atom stereocenters. The highest BCUT2D eigenvalue weighted by molar-refractivity contribution is 5.69. The summed E-state index contributed by atoms with van der Waals surface area (Å²) in [5, 5.41) is 10.3. The molecule has 1 aliphatic carbocycles. The van der Waals surface area contributed by atoms with Crippen molar-refractivity contribution in [1.29, 1.82) is 0 Å². The lowest BCUT2D eigenvalue weighted by Crippen LogP contribution is -2.40. The molecule has 0 saturated heterocycles. The van der Waals surface area contributed by atoms with E-state index in [0.29, 0.717) is 0 Å². The summed E-state index contributed by atoms with van der Waals surface area (Å²) in [6.07, 6.45) is 2.39. The first kappa shape index (κ1) is 13.0. The van der Waals surface area contributed by atoms with Gasteiger partial charge in [0, 0.05) is 24.3 Å². The van der Waals surface area contributed by atoms with Gasteiger partial charge in [-0.15, -0.1) is 0 Å². The van der Waals surface area contributed by atoms with Gasteiger partial charge in [0.15, 0.2) is 0 Å². The van der Waals surface area contributed by atoms with Gasteiger partial charge in [-0.05, 0) is 12.0 Å². The van der Waals surface area contributed by atoms with Gasteiger partial charge in [-0.2, -0.15) is 0 Å². The van der Waals surface area contributed by atoms with Crippen LogP contribution in [0.15, 0.2) is 36.8 Å². The molecule has 0 radical (unpaired) electrons. The number of hydrogen-bond acceptors (Lipinski definition) is 2. The van der Waals surface area contributed by atoms with Crippen molar-refractivity contribution in [3.63, 3.8) is 0 Å². The Labute approximate surface area is 121 Å². The third-order valence-corrected chi connectivity index (χ3v) is 4.76. The van der Waals surface area contributed by atoms with Crippen molar-refractivity contribution in [2.75, 3.05) is 0 Å². The van der Waals surface area contributed by atoms with Crippen LogP contribution in [0.5, 0.6) is 0 Å². The predicted molar refractivity (Wildman–Crippen MR) is 74.1 cm³/mol. The van der Waals surface area contributed by atoms with E-state index in [4.69, 9.17) is 0 Å². The van der Waals surface area contributed by atoms with Crippen LogP contribution in [-0.2, 0) is 0 Å². The lowest BCUT2D eigenvalue weighted by molar-refractivity contribution is -0.0990. The normalized spacial score (nSPS) is 30.0. The number of imidazole rings is 1. The fraction of sp³-hybridized carbons (Fsp3) is 0.438. The van der Waals surface area contributed by atoms with Crippen LogP contribution in [0.25, 0.3) is 11.3 Å². The maximum absolute atomic E-state index is 13.8. The van der Waals surface area contributed by atoms with Crippen LogP contribution in [0, 0.1) is 5.92 Å². The van der Waals surface area contributed by atoms with E-state index in [1.807, 2.05) is 28.8 Å². The van der Waals surface area contributed by atoms with Crippen molar-refractivity contribution in [3.05, 3.63) is 42.4 Å². The molecule has 2 aliphatic rings. The Kier molecular flexibility index (Phi) is 2.70. The summed E-state index contributed by atoms with van der Waals surface area (Å²) in [4.78, 5) is 4.14. The van der Waals surface area contributed by atoms with E-state index in [2.05, 4.69) is 4.98 Å². The summed E-state index contributed by atoms with van der Waals surface area (Å²) in [6.45, 7) is 0. The van der Waals surface area contributed by atoms with Crippen molar-refractivity contribution in [1.82, 2.24) is 9.55 Å². The number of rotatable bonds is 1. The van der Waals surface area contributed by atoms with Crippen molar-refractivity contribution in [3.8, 4) is 11.3 Å². The van der Waals surface area contributed by atoms with Crippen LogP contribution in [0.2, 0.25) is 0 Å². The molecule has 5 heteroatoms. The minimum atomic E-state index is -2.69. The number of aliphatic hydroxyl groups excluding tert-OH is 1. The fourth-order valence-electron chi connectivity index (χ4n) is 3.79. The van der Waals surface area contributed by atoms with Crippen LogP contribution in [-0.4, -0.2) is 26.7 Å². The zero-order valence-corrected chi connectivity index (χ0v) is 11.4. The SMILES string of the molecule is O[C@H]1CCC(F)(F)C[C@@H]1[C@@H]1c2ccccc2-c2cncn21. The first-order valence-corrected chi connectivity index (χ1v) is 7.24. The van der Waals surface area contributed by atoms with E-state index in [9.17, 15) is 13.9 Å². The molecule has 1 fully saturated rings. The molecular formula is C16H16F2N2O. The molecule has 4 rings (SSSR count). The van der Waals surface area contributed by atoms with Crippen LogP contribution >= 0.6 is 0 Å². The van der Waals surface area contributed by atoms with Crippen LogP contribution in [0.1, 0.15) is 30.9 Å². The van der Waals surface area contributed by atoms with Gasteiger partial charge in [0.1, 0.15) is 0 Å². The molecule has 1 aromatic heterocycles. The van der Waals surface area contributed by atoms with Gasteiger partial charge in [-0.3, -0.25) is 0 Å². The van der Waals surface area contributed by atoms with E-state index in [0.717, 1.165) is 16.8 Å². The molecule has 110 valence electrons. The van der Waals surface area contributed by atoms with E-state index in [1.54, 1.807) is 12.5 Å². The first-order valence-electron chi connectivity index (χ1n) is 7.24. The molecule has 3 nitrogen and oxygen atoms in total. The van der Waals surface area contributed by atoms with Crippen molar-refractivity contribution < 1.29 is 13.9 Å². The van der Waals surface area contributed by atoms with E-state index in [-0.39, 0.29) is 25.3 Å². The summed E-state index contributed by atoms with van der Waals surface area (Å²) in [7, 11) is 0. The Morgan fingerprint density at radius 2 is 2.10 bits per heavy atom. The highest BCUT2D eigenvalue weighted by Gasteiger charge is 2.47. The second-order valence-corrected chi connectivity index (χ2v) is 6.05. The van der Waals surface area contributed by atoms with Crippen LogP contribution < -0.4 is 0 Å². The largest absolute Gasteiger partial charge is 0.393 e. The molecule has 1 aromatic carbocycles. The van der Waals surface area contributed by atoms with Gasteiger partial charge in [-0.25, -0.2) is 13.8 Å². The second kappa shape index (κ2) is 4.37. The first-order chi connectivity index (χ1) is 10.1. The number of nitrogens with zero attached hydrogens (tertiary/aromatic N) is 2. The maximum atomic E-state index is 13.8. The van der Waals surface area contributed by atoms with E-state index in [1.165, 1.54) is 0 Å².